The van der Waals surface area contributed by atoms with Crippen molar-refractivity contribution in [3.8, 4) is 0 Å². The number of rotatable bonds is 18. The number of nitrogens with zero attached hydrogens (tertiary/aromatic N) is 3. The first-order valence-corrected chi connectivity index (χ1v) is 14.1. The first-order chi connectivity index (χ1) is 13.2. The van der Waals surface area contributed by atoms with Crippen molar-refractivity contribution in [1.82, 2.24) is 14.7 Å². The average Bonchev–Trinajstić information content (AvgIpc) is 2.68. The molecule has 5 nitrogen and oxygen atoms in total. The van der Waals surface area contributed by atoms with E-state index in [4.69, 9.17) is 8.85 Å². The Balaban J connectivity index is 5.65. The summed E-state index contributed by atoms with van der Waals surface area (Å²) in [5.74, 6) is 0. The molecule has 0 bridgehead atoms. The highest BCUT2D eigenvalue weighted by atomic mass is 28.4. The van der Waals surface area contributed by atoms with Crippen molar-refractivity contribution in [3.63, 3.8) is 0 Å². The highest BCUT2D eigenvalue weighted by Gasteiger charge is 2.42. The molecule has 0 N–H and O–H groups in total. The molecule has 0 aromatic rings. The van der Waals surface area contributed by atoms with Gasteiger partial charge in [-0.3, -0.25) is 0 Å². The highest BCUT2D eigenvalue weighted by Crippen LogP contribution is 2.41. The standard InChI is InChI=1S/C22H51N3O2Si/c1-10-23(6)18-15-22(16-19-24(7)11-2,17-20-25(8)12-3)21-28(9,26-13-4)27-14-5/h10-21H2,1-9H3. The van der Waals surface area contributed by atoms with Gasteiger partial charge in [-0.15, -0.1) is 0 Å². The molecule has 0 saturated carbocycles. The van der Waals surface area contributed by atoms with Crippen molar-refractivity contribution in [3.05, 3.63) is 0 Å². The molecule has 0 rings (SSSR count). The molecule has 170 valence electrons. The van der Waals surface area contributed by atoms with Crippen LogP contribution in [0.5, 0.6) is 0 Å². The lowest BCUT2D eigenvalue weighted by molar-refractivity contribution is 0.126. The molecule has 0 aromatic heterocycles. The molecule has 0 aliphatic heterocycles. The van der Waals surface area contributed by atoms with Crippen LogP contribution in [0.25, 0.3) is 0 Å². The molecule has 0 heterocycles. The fraction of sp³-hybridized carbons (Fsp3) is 1.00. The molecule has 0 atom stereocenters. The van der Waals surface area contributed by atoms with Gasteiger partial charge < -0.3 is 23.6 Å². The Morgan fingerprint density at radius 2 is 0.964 bits per heavy atom. The molecule has 6 heteroatoms. The summed E-state index contributed by atoms with van der Waals surface area (Å²) < 4.78 is 12.6. The van der Waals surface area contributed by atoms with E-state index in [1.165, 1.54) is 19.3 Å². The van der Waals surface area contributed by atoms with Crippen LogP contribution in [-0.2, 0) is 8.85 Å². The van der Waals surface area contributed by atoms with E-state index in [0.29, 0.717) is 0 Å². The maximum Gasteiger partial charge on any atom is 0.335 e. The zero-order chi connectivity index (χ0) is 21.6. The third kappa shape index (κ3) is 11.3. The van der Waals surface area contributed by atoms with Crippen LogP contribution in [0.2, 0.25) is 12.6 Å². The minimum Gasteiger partial charge on any atom is -0.395 e. The molecule has 0 unspecified atom stereocenters. The molecule has 0 aliphatic carbocycles. The topological polar surface area (TPSA) is 28.2 Å². The molecule has 0 radical (unpaired) electrons. The summed E-state index contributed by atoms with van der Waals surface area (Å²) in [5, 5.41) is 0. The third-order valence-electron chi connectivity index (χ3n) is 6.29. The van der Waals surface area contributed by atoms with Crippen LogP contribution >= 0.6 is 0 Å². The first-order valence-electron chi connectivity index (χ1n) is 11.5. The number of hydrogen-bond donors (Lipinski definition) is 0. The SMILES string of the molecule is CCO[Si](C)(CC(CCN(C)CC)(CCN(C)CC)CCN(C)CC)OCC. The van der Waals surface area contributed by atoms with Crippen LogP contribution < -0.4 is 0 Å². The van der Waals surface area contributed by atoms with E-state index in [0.717, 1.165) is 58.5 Å². The van der Waals surface area contributed by atoms with Crippen LogP contribution in [0.1, 0.15) is 53.9 Å². The fourth-order valence-electron chi connectivity index (χ4n) is 3.83. The first kappa shape index (κ1) is 28.0. The Bertz CT molecular complexity index is 343. The van der Waals surface area contributed by atoms with Crippen molar-refractivity contribution < 1.29 is 8.85 Å². The van der Waals surface area contributed by atoms with Crippen molar-refractivity contribution in [2.24, 2.45) is 5.41 Å². The molecule has 0 aliphatic rings. The Morgan fingerprint density at radius 3 is 1.21 bits per heavy atom. The minimum atomic E-state index is -2.19. The predicted molar refractivity (Wildman–Crippen MR) is 125 cm³/mol. The second kappa shape index (κ2) is 14.9. The Hall–Kier alpha value is 0.0169. The van der Waals surface area contributed by atoms with Gasteiger partial charge >= 0.3 is 8.56 Å². The smallest absolute Gasteiger partial charge is 0.335 e. The van der Waals surface area contributed by atoms with Crippen molar-refractivity contribution in [2.75, 3.05) is 73.6 Å². The van der Waals surface area contributed by atoms with Crippen molar-refractivity contribution in [1.29, 1.82) is 0 Å². The zero-order valence-electron chi connectivity index (χ0n) is 20.6. The van der Waals surface area contributed by atoms with Crippen LogP contribution in [0, 0.1) is 5.41 Å². The number of hydrogen-bond acceptors (Lipinski definition) is 5. The Morgan fingerprint density at radius 1 is 0.643 bits per heavy atom. The summed E-state index contributed by atoms with van der Waals surface area (Å²) in [4.78, 5) is 7.34. The molecule has 0 amide bonds. The van der Waals surface area contributed by atoms with Crippen LogP contribution in [-0.4, -0.2) is 96.9 Å². The fourth-order valence-corrected chi connectivity index (χ4v) is 7.24. The lowest BCUT2D eigenvalue weighted by Crippen LogP contribution is -2.47. The van der Waals surface area contributed by atoms with Gasteiger partial charge in [0.2, 0.25) is 0 Å². The minimum absolute atomic E-state index is 0.265. The van der Waals surface area contributed by atoms with Crippen LogP contribution in [0.4, 0.5) is 0 Å². The molecule has 0 spiro atoms. The average molecular weight is 418 g/mol. The van der Waals surface area contributed by atoms with E-state index < -0.39 is 8.56 Å². The van der Waals surface area contributed by atoms with Gasteiger partial charge in [0.25, 0.3) is 0 Å². The van der Waals surface area contributed by atoms with E-state index in [-0.39, 0.29) is 5.41 Å². The van der Waals surface area contributed by atoms with E-state index in [1.54, 1.807) is 0 Å². The van der Waals surface area contributed by atoms with Crippen molar-refractivity contribution >= 4 is 8.56 Å². The summed E-state index contributed by atoms with van der Waals surface area (Å²) in [6, 6.07) is 1.09. The Labute approximate surface area is 178 Å². The van der Waals surface area contributed by atoms with Gasteiger partial charge in [0.1, 0.15) is 0 Å². The van der Waals surface area contributed by atoms with Gasteiger partial charge in [-0.2, -0.15) is 0 Å². The van der Waals surface area contributed by atoms with Crippen LogP contribution in [0.15, 0.2) is 0 Å². The summed E-state index contributed by atoms with van der Waals surface area (Å²) in [6.45, 7) is 21.5. The molecule has 0 saturated heterocycles. The van der Waals surface area contributed by atoms with Gasteiger partial charge in [-0.1, -0.05) is 20.8 Å². The normalized spacial score (nSPS) is 13.3. The highest BCUT2D eigenvalue weighted by molar-refractivity contribution is 6.66. The molecule has 28 heavy (non-hydrogen) atoms. The lowest BCUT2D eigenvalue weighted by Gasteiger charge is -2.42. The summed E-state index contributed by atoms with van der Waals surface area (Å²) >= 11 is 0. The predicted octanol–water partition coefficient (Wildman–Crippen LogP) is 4.14. The summed E-state index contributed by atoms with van der Waals surface area (Å²) in [6.07, 6.45) is 3.65. The quantitative estimate of drug-likeness (QED) is 0.313. The third-order valence-corrected chi connectivity index (χ3v) is 9.48. The van der Waals surface area contributed by atoms with Gasteiger partial charge in [0, 0.05) is 13.2 Å². The van der Waals surface area contributed by atoms with E-state index in [1.807, 2.05) is 0 Å². The zero-order valence-corrected chi connectivity index (χ0v) is 21.6. The van der Waals surface area contributed by atoms with E-state index in [2.05, 4.69) is 77.0 Å². The van der Waals surface area contributed by atoms with Crippen LogP contribution in [0.3, 0.4) is 0 Å². The van der Waals surface area contributed by atoms with Gasteiger partial charge in [-0.05, 0) is 112 Å². The van der Waals surface area contributed by atoms with Gasteiger partial charge in [0.05, 0.1) is 0 Å². The van der Waals surface area contributed by atoms with E-state index >= 15 is 0 Å². The van der Waals surface area contributed by atoms with E-state index in [9.17, 15) is 0 Å². The Kier molecular flexibility index (Phi) is 14.9. The molecular weight excluding hydrogens is 366 g/mol. The second-order valence-electron chi connectivity index (χ2n) is 8.61. The molecule has 0 fully saturated rings. The summed E-state index contributed by atoms with van der Waals surface area (Å²) in [7, 11) is 4.53. The maximum absolute atomic E-state index is 6.30. The monoisotopic (exact) mass is 417 g/mol. The van der Waals surface area contributed by atoms with Gasteiger partial charge in [-0.25, -0.2) is 0 Å². The van der Waals surface area contributed by atoms with Gasteiger partial charge in [0.15, 0.2) is 0 Å². The molecular formula is C22H51N3O2Si. The summed E-state index contributed by atoms with van der Waals surface area (Å²) in [5.41, 5.74) is 0.265. The van der Waals surface area contributed by atoms with Crippen molar-refractivity contribution in [2.45, 2.75) is 66.5 Å². The largest absolute Gasteiger partial charge is 0.395 e. The maximum atomic E-state index is 6.30. The second-order valence-corrected chi connectivity index (χ2v) is 11.8. The molecule has 0 aromatic carbocycles. The lowest BCUT2D eigenvalue weighted by atomic mass is 9.79.